The molecule has 0 saturated carbocycles. The second kappa shape index (κ2) is 62.2. The fraction of sp³-hybridized carbons (Fsp3) is 0.229. The number of aromatic amines is 1. The number of hydrogen-bond acceptors (Lipinski definition) is 17. The van der Waals surface area contributed by atoms with E-state index in [-0.39, 0.29) is 69.5 Å². The number of halogens is 14. The third kappa shape index (κ3) is 47.7. The zero-order valence-corrected chi connectivity index (χ0v) is 78.9. The first-order chi connectivity index (χ1) is 58.1. The molecule has 5 aromatic heterocycles. The van der Waals surface area contributed by atoms with Crippen molar-refractivity contribution in [3.63, 3.8) is 0 Å². The van der Waals surface area contributed by atoms with Gasteiger partial charge in [0.2, 0.25) is 20.9 Å². The van der Waals surface area contributed by atoms with Gasteiger partial charge in [0.15, 0.2) is 23.3 Å². The Bertz CT molecular complexity index is 5280. The molecule has 1 aliphatic heterocycles. The number of benzene rings is 8. The average Bonchev–Trinajstić information content (AvgIpc) is 1.69. The van der Waals surface area contributed by atoms with Crippen LogP contribution in [0.4, 0.5) is 29.7 Å². The van der Waals surface area contributed by atoms with E-state index in [2.05, 4.69) is 105 Å². The van der Waals surface area contributed by atoms with Crippen LogP contribution in [-0.2, 0) is 58.4 Å². The number of carbonyl (C=O) groups excluding carboxylic acids is 1. The number of ether oxygens (including phenoxy) is 1. The van der Waals surface area contributed by atoms with Crippen molar-refractivity contribution in [3.05, 3.63) is 357 Å². The Kier molecular flexibility index (Phi) is 56.7. The van der Waals surface area contributed by atoms with Crippen LogP contribution in [0.2, 0.25) is 60.3 Å². The maximum atomic E-state index is 12.2. The minimum atomic E-state index is -3.19. The second-order valence-electron chi connectivity index (χ2n) is 25.2. The minimum absolute atomic E-state index is 0. The maximum absolute atomic E-state index is 12.2. The molecule has 1 fully saturated rings. The summed E-state index contributed by atoms with van der Waals surface area (Å²) in [6.45, 7) is 14.9. The molecule has 0 unspecified atom stereocenters. The largest absolute Gasteiger partial charge is 1.00 e. The van der Waals surface area contributed by atoms with E-state index >= 15 is 0 Å². The van der Waals surface area contributed by atoms with Gasteiger partial charge in [-0.15, -0.1) is 0 Å². The van der Waals surface area contributed by atoms with Crippen LogP contribution >= 0.6 is 166 Å². The minimum Gasteiger partial charge on any atom is -1.00 e. The first-order valence-corrected chi connectivity index (χ1v) is 44.8. The van der Waals surface area contributed by atoms with E-state index in [4.69, 9.17) is 155 Å². The van der Waals surface area contributed by atoms with Crippen LogP contribution < -0.4 is 35.2 Å². The van der Waals surface area contributed by atoms with Gasteiger partial charge in [0.25, 0.3) is 5.91 Å². The molecule has 0 radical (unpaired) electrons. The number of nitro groups is 2. The van der Waals surface area contributed by atoms with Gasteiger partial charge >= 0.3 is 30.8 Å². The summed E-state index contributed by atoms with van der Waals surface area (Å²) in [5.41, 5.74) is 13.0. The number of anilines is 3. The molecule has 666 valence electrons. The van der Waals surface area contributed by atoms with Crippen LogP contribution in [0.3, 0.4) is 0 Å². The normalized spacial score (nSPS) is 10.7. The van der Waals surface area contributed by atoms with Crippen LogP contribution in [-0.4, -0.2) is 139 Å². The van der Waals surface area contributed by atoms with E-state index < -0.39 is 18.9 Å². The number of nitrogens with two attached hydrogens (primary N) is 1. The fourth-order valence-corrected chi connectivity index (χ4v) is 14.1. The first kappa shape index (κ1) is 114. The number of aliphatic hydroxyl groups excluding tert-OH is 1. The predicted molar refractivity (Wildman–Crippen MR) is 519 cm³/mol. The number of nitrogens with one attached hydrogen (secondary N) is 3. The number of H-pyrrole nitrogens is 1. The number of alkyl halides is 1. The summed E-state index contributed by atoms with van der Waals surface area (Å²) in [6, 6.07) is 51.0. The van der Waals surface area contributed by atoms with E-state index in [9.17, 15) is 33.4 Å². The third-order valence-corrected chi connectivity index (χ3v) is 19.0. The van der Waals surface area contributed by atoms with E-state index in [1.54, 1.807) is 97.6 Å². The zero-order chi connectivity index (χ0) is 89.7. The van der Waals surface area contributed by atoms with Gasteiger partial charge in [-0.3, -0.25) is 10.1 Å². The van der Waals surface area contributed by atoms with Gasteiger partial charge in [-0.25, -0.2) is 32.9 Å². The number of imidazole rings is 5. The third-order valence-electron chi connectivity index (χ3n) is 15.7. The van der Waals surface area contributed by atoms with Crippen molar-refractivity contribution >= 4 is 228 Å². The topological polar surface area (TPSA) is 320 Å². The molecule has 42 heteroatoms. The molecule has 6 N–H and O–H groups in total. The SMILES string of the molecule is C.C1CCOC1.CCN(CC)CC.CS(=O)(=O)Cl.Clc1cc(Cl)cc(CBr)c1.Clc1cc(Cl)cc(Cn2ccnc2NCc2ccccc2)c1.Nc1nccn1Cc1cc(Cl)cc(Cl)c1.O=C(Nc1nccn1Cc1cc(Cl)cc(Cl)c1)c1ccccc1.O=[N+]([O-])c1ncc[nH]1.O=[N+]([O-])c1nccn1Cc1cc(Cl)cc(Cl)c1.OCc1cc(Cl)cc(Cl)c1.[AlH3].[H-].[Li+]. The molecule has 125 heavy (non-hydrogen) atoms. The Labute approximate surface area is 824 Å². The van der Waals surface area contributed by atoms with Gasteiger partial charge in [0, 0.05) is 139 Å². The molecule has 1 saturated heterocycles. The van der Waals surface area contributed by atoms with Gasteiger partial charge in [-0.2, -0.15) is 0 Å². The Hall–Kier alpha value is -7.11. The van der Waals surface area contributed by atoms with Gasteiger partial charge in [-0.05, 0) is 203 Å². The van der Waals surface area contributed by atoms with Crippen LogP contribution in [0.15, 0.2) is 232 Å². The van der Waals surface area contributed by atoms with Crippen molar-refractivity contribution in [1.82, 2.24) is 53.1 Å². The Morgan fingerprint density at radius 2 is 0.864 bits per heavy atom. The summed E-state index contributed by atoms with van der Waals surface area (Å²) in [4.78, 5) is 55.7. The molecular weight excluding hydrogens is 1970 g/mol. The molecule has 0 atom stereocenters. The van der Waals surface area contributed by atoms with Crippen LogP contribution in [0.25, 0.3) is 0 Å². The monoisotopic (exact) mass is 2060 g/mol. The average molecular weight is 2060 g/mol. The van der Waals surface area contributed by atoms with Crippen molar-refractivity contribution in [1.29, 1.82) is 0 Å². The fourth-order valence-electron chi connectivity index (χ4n) is 10.3. The maximum Gasteiger partial charge on any atom is 1.00 e. The second-order valence-corrected chi connectivity index (χ2v) is 34.0. The van der Waals surface area contributed by atoms with Crippen molar-refractivity contribution in [2.75, 3.05) is 55.5 Å². The summed E-state index contributed by atoms with van der Waals surface area (Å²) in [5.74, 6) is 1.13. The van der Waals surface area contributed by atoms with E-state index in [1.807, 2.05) is 111 Å². The number of carbonyl (C=O) groups is 1. The van der Waals surface area contributed by atoms with Crippen LogP contribution in [0.5, 0.6) is 0 Å². The molecule has 14 rings (SSSR count). The van der Waals surface area contributed by atoms with Crippen molar-refractivity contribution in [2.24, 2.45) is 0 Å². The van der Waals surface area contributed by atoms with Gasteiger partial charge in [-0.1, -0.05) is 242 Å². The molecule has 25 nitrogen and oxygen atoms in total. The van der Waals surface area contributed by atoms with Gasteiger partial charge in [0.05, 0.1) is 45.2 Å². The number of hydrogen-bond donors (Lipinski definition) is 5. The summed E-state index contributed by atoms with van der Waals surface area (Å²) < 4.78 is 30.8. The quantitative estimate of drug-likeness (QED) is 0.0156. The molecular formula is C83H92AlBrCl13LiN16O9S. The van der Waals surface area contributed by atoms with Crippen molar-refractivity contribution in [3.8, 4) is 0 Å². The van der Waals surface area contributed by atoms with Gasteiger partial charge < -0.3 is 61.2 Å². The summed E-state index contributed by atoms with van der Waals surface area (Å²) >= 11 is 73.6. The Balaban J connectivity index is 0.000000723. The standard InChI is InChI=1S/C17H13Cl2N3O.C17H15Cl2N3.C10H7Cl2N3O2.C10H9Cl2N3.C7H5BrCl2.C7H6Cl2O.C6H15N.C4H8O.C3H3N3O2.CH3ClO2S.CH4.Al.Li.4H/c18-14-8-12(9-15(19)10-14)11-22-7-6-20-17(22)21-16(23)13-4-2-1-3-5-13;18-15-8-14(9-16(19)10-15)12-22-7-6-20-17(22)21-11-13-4-2-1-3-5-13;11-8-3-7(4-9(12)5-8)6-14-2-1-13-10(14)15(16)17;11-8-3-7(4-9(12)5-8)6-15-2-1-14-10(15)13;8-4-5-1-6(9)3-7(10)2-5;8-6-1-5(4-10)2-7(9)3-6;1-4-7(5-2)6-3;1-2-4-5-3-1;7-6(8)3-4-1-2-5-3;1-5(2,3)4;;;;;;;/h1-10H,11H2,(H,20,21,23);1-10H,11-12H2,(H,20,21);1-5H,6H2;1-5H,6H2,(H2,13,14);1-3H,4H2;1-3,10H,4H2;4-6H2,1-3H3;1-4H2;1-2H,(H,4,5);1H3;1H4;;;;;;/q;;;;;;;;;;;;+1;;;;-1. The molecule has 0 aliphatic carbocycles. The zero-order valence-electron chi connectivity index (χ0n) is 67.7. The Morgan fingerprint density at radius 1 is 0.520 bits per heavy atom. The number of nitrogens with zero attached hydrogens (tertiary/aromatic N) is 12. The molecule has 6 heterocycles. The summed E-state index contributed by atoms with van der Waals surface area (Å²) in [5, 5.41) is 43.2. The van der Waals surface area contributed by atoms with E-state index in [0.717, 1.165) is 70.7 Å². The number of aliphatic hydroxyl groups is 1. The molecule has 8 aromatic carbocycles. The predicted octanol–water partition coefficient (Wildman–Crippen LogP) is 20.9. The summed E-state index contributed by atoms with van der Waals surface area (Å²) in [7, 11) is 1.31. The smallest absolute Gasteiger partial charge is 1.00 e. The Morgan fingerprint density at radius 3 is 1.19 bits per heavy atom. The van der Waals surface area contributed by atoms with Crippen molar-refractivity contribution < 1.29 is 53.2 Å². The van der Waals surface area contributed by atoms with Gasteiger partial charge in [0.1, 0.15) is 18.6 Å². The number of rotatable bonds is 20. The van der Waals surface area contributed by atoms with E-state index in [0.29, 0.717) is 104 Å². The molecule has 1 aliphatic rings. The number of aromatic nitrogens is 10. The first-order valence-electron chi connectivity index (χ1n) is 36.4. The molecule has 0 bridgehead atoms. The van der Waals surface area contributed by atoms with Crippen LogP contribution in [0, 0.1) is 20.2 Å². The van der Waals surface area contributed by atoms with Crippen molar-refractivity contribution in [2.45, 2.75) is 85.7 Å². The molecule has 13 aromatic rings. The van der Waals surface area contributed by atoms with E-state index in [1.165, 1.54) is 67.4 Å². The molecule has 0 spiro atoms. The summed E-state index contributed by atoms with van der Waals surface area (Å²) in [6.07, 6.45) is 19.7. The number of nitrogen functional groups attached to an aromatic ring is 1. The number of amides is 1. The van der Waals surface area contributed by atoms with Crippen LogP contribution in [0.1, 0.15) is 91.8 Å². The molecule has 1 amide bonds.